The van der Waals surface area contributed by atoms with Gasteiger partial charge in [0, 0.05) is 38.0 Å². The molecule has 1 aliphatic heterocycles. The number of benzene rings is 2. The van der Waals surface area contributed by atoms with Crippen molar-refractivity contribution in [1.82, 2.24) is 9.78 Å². The molecule has 0 atom stereocenters. The van der Waals surface area contributed by atoms with Gasteiger partial charge in [0.2, 0.25) is 0 Å². The van der Waals surface area contributed by atoms with E-state index in [1.54, 1.807) is 22.8 Å². The van der Waals surface area contributed by atoms with Gasteiger partial charge in [-0.15, -0.1) is 0 Å². The highest BCUT2D eigenvalue weighted by Crippen LogP contribution is 2.35. The van der Waals surface area contributed by atoms with Gasteiger partial charge in [0.1, 0.15) is 5.69 Å². The van der Waals surface area contributed by atoms with Crippen LogP contribution in [0.1, 0.15) is 16.8 Å². The molecule has 1 aromatic heterocycles. The second kappa shape index (κ2) is 7.15. The van der Waals surface area contributed by atoms with Gasteiger partial charge in [-0.2, -0.15) is 5.10 Å². The van der Waals surface area contributed by atoms with Crippen molar-refractivity contribution in [2.24, 2.45) is 7.05 Å². The molecule has 6 nitrogen and oxygen atoms in total. The number of anilines is 1. The minimum Gasteiger partial charge on any atom is -0.490 e. The molecular weight excluding hydrogens is 342 g/mol. The Morgan fingerprint density at radius 1 is 1.07 bits per heavy atom. The summed E-state index contributed by atoms with van der Waals surface area (Å²) < 4.78 is 13.1. The Hall–Kier alpha value is -3.28. The normalized spacial score (nSPS) is 13.1. The van der Waals surface area contributed by atoms with E-state index in [4.69, 9.17) is 9.47 Å². The number of carbonyl (C=O) groups is 1. The molecule has 0 radical (unpaired) electrons. The lowest BCUT2D eigenvalue weighted by molar-refractivity contribution is 0.0993. The highest BCUT2D eigenvalue weighted by molar-refractivity contribution is 6.09. The van der Waals surface area contributed by atoms with Crippen LogP contribution in [-0.4, -0.2) is 35.9 Å². The Kier molecular flexibility index (Phi) is 4.54. The summed E-state index contributed by atoms with van der Waals surface area (Å²) in [6, 6.07) is 15.2. The Labute approximate surface area is 157 Å². The van der Waals surface area contributed by atoms with Gasteiger partial charge in [-0.25, -0.2) is 0 Å². The Morgan fingerprint density at radius 3 is 2.59 bits per heavy atom. The quantitative estimate of drug-likeness (QED) is 0.714. The lowest BCUT2D eigenvalue weighted by Crippen LogP contribution is -2.26. The van der Waals surface area contributed by atoms with Gasteiger partial charge in [-0.1, -0.05) is 18.2 Å². The summed E-state index contributed by atoms with van der Waals surface area (Å²) in [4.78, 5) is 14.7. The first kappa shape index (κ1) is 17.1. The van der Waals surface area contributed by atoms with Crippen LogP contribution >= 0.6 is 0 Å². The Bertz CT molecular complexity index is 966. The van der Waals surface area contributed by atoms with Crippen molar-refractivity contribution in [2.45, 2.75) is 6.42 Å². The first-order chi connectivity index (χ1) is 13.1. The van der Waals surface area contributed by atoms with E-state index in [9.17, 15) is 4.79 Å². The fourth-order valence-electron chi connectivity index (χ4n) is 3.12. The van der Waals surface area contributed by atoms with Crippen LogP contribution in [0.5, 0.6) is 11.5 Å². The summed E-state index contributed by atoms with van der Waals surface area (Å²) in [6.07, 6.45) is 2.60. The van der Waals surface area contributed by atoms with Crippen LogP contribution < -0.4 is 14.4 Å². The summed E-state index contributed by atoms with van der Waals surface area (Å²) in [7, 11) is 3.58. The summed E-state index contributed by atoms with van der Waals surface area (Å²) in [5, 5.41) is 4.52. The lowest BCUT2D eigenvalue weighted by atomic mass is 10.1. The van der Waals surface area contributed by atoms with Gasteiger partial charge in [0.25, 0.3) is 5.91 Å². The van der Waals surface area contributed by atoms with Crippen molar-refractivity contribution in [3.05, 3.63) is 60.3 Å². The number of carbonyl (C=O) groups excluding carboxylic acids is 1. The maximum atomic E-state index is 13.1. The van der Waals surface area contributed by atoms with Crippen molar-refractivity contribution in [3.63, 3.8) is 0 Å². The van der Waals surface area contributed by atoms with Crippen LogP contribution in [-0.2, 0) is 7.05 Å². The molecule has 138 valence electrons. The predicted molar refractivity (Wildman–Crippen MR) is 103 cm³/mol. The average Bonchev–Trinajstić information content (AvgIpc) is 2.94. The molecule has 0 saturated heterocycles. The van der Waals surface area contributed by atoms with Crippen LogP contribution in [0.25, 0.3) is 11.3 Å². The molecule has 27 heavy (non-hydrogen) atoms. The number of ether oxygens (including phenoxy) is 2. The molecule has 6 heteroatoms. The molecule has 0 aliphatic carbocycles. The second-order valence-corrected chi connectivity index (χ2v) is 6.48. The number of rotatable bonds is 3. The van der Waals surface area contributed by atoms with Gasteiger partial charge in [-0.05, 0) is 30.3 Å². The third-order valence-corrected chi connectivity index (χ3v) is 4.53. The number of amides is 1. The van der Waals surface area contributed by atoms with Crippen molar-refractivity contribution in [2.75, 3.05) is 25.2 Å². The minimum absolute atomic E-state index is 0.114. The van der Waals surface area contributed by atoms with Crippen molar-refractivity contribution in [1.29, 1.82) is 0 Å². The average molecular weight is 363 g/mol. The lowest BCUT2D eigenvalue weighted by Gasteiger charge is -2.17. The fraction of sp³-hybridized carbons (Fsp3) is 0.238. The van der Waals surface area contributed by atoms with Crippen LogP contribution in [0, 0.1) is 0 Å². The van der Waals surface area contributed by atoms with Crippen molar-refractivity contribution >= 4 is 11.6 Å². The number of hydrogen-bond donors (Lipinski definition) is 0. The molecule has 0 N–H and O–H groups in total. The molecule has 0 unspecified atom stereocenters. The molecule has 1 amide bonds. The molecular formula is C21H21N3O3. The summed E-state index contributed by atoms with van der Waals surface area (Å²) >= 11 is 0. The first-order valence-corrected chi connectivity index (χ1v) is 8.90. The Morgan fingerprint density at radius 2 is 1.81 bits per heavy atom. The van der Waals surface area contributed by atoms with E-state index < -0.39 is 0 Å². The Balaban J connectivity index is 1.71. The maximum absolute atomic E-state index is 13.1. The molecule has 0 fully saturated rings. The van der Waals surface area contributed by atoms with E-state index in [0.29, 0.717) is 30.2 Å². The third kappa shape index (κ3) is 3.38. The molecule has 0 saturated carbocycles. The van der Waals surface area contributed by atoms with Crippen molar-refractivity contribution in [3.8, 4) is 22.8 Å². The van der Waals surface area contributed by atoms with Gasteiger partial charge in [0.05, 0.1) is 18.8 Å². The summed E-state index contributed by atoms with van der Waals surface area (Å²) in [6.45, 7) is 1.25. The number of aryl methyl sites for hydroxylation is 1. The molecule has 0 spiro atoms. The summed E-state index contributed by atoms with van der Waals surface area (Å²) in [5.41, 5.74) is 2.82. The van der Waals surface area contributed by atoms with Crippen LogP contribution in [0.4, 0.5) is 5.69 Å². The minimum atomic E-state index is -0.114. The van der Waals surface area contributed by atoms with Crippen LogP contribution in [0.15, 0.2) is 54.7 Å². The summed E-state index contributed by atoms with van der Waals surface area (Å²) in [5.74, 6) is 1.29. The zero-order chi connectivity index (χ0) is 18.8. The zero-order valence-electron chi connectivity index (χ0n) is 15.4. The highest BCUT2D eigenvalue weighted by atomic mass is 16.5. The van der Waals surface area contributed by atoms with Crippen LogP contribution in [0.3, 0.4) is 0 Å². The van der Waals surface area contributed by atoms with E-state index in [1.807, 2.05) is 55.6 Å². The van der Waals surface area contributed by atoms with E-state index in [1.165, 1.54) is 0 Å². The zero-order valence-corrected chi connectivity index (χ0v) is 15.4. The molecule has 0 bridgehead atoms. The molecule has 3 aromatic rings. The highest BCUT2D eigenvalue weighted by Gasteiger charge is 2.22. The topological polar surface area (TPSA) is 56.6 Å². The van der Waals surface area contributed by atoms with Crippen molar-refractivity contribution < 1.29 is 14.3 Å². The number of hydrogen-bond acceptors (Lipinski definition) is 4. The van der Waals surface area contributed by atoms with E-state index in [-0.39, 0.29) is 5.91 Å². The van der Waals surface area contributed by atoms with Gasteiger partial charge >= 0.3 is 0 Å². The molecule has 4 rings (SSSR count). The molecule has 2 heterocycles. The predicted octanol–water partition coefficient (Wildman–Crippen LogP) is 3.53. The number of fused-ring (bicyclic) bond motifs is 1. The SMILES string of the molecule is CN(C(=O)c1cn(C)nc1-c1ccc2c(c1)OCCCO2)c1ccccc1. The first-order valence-electron chi connectivity index (χ1n) is 8.90. The third-order valence-electron chi connectivity index (χ3n) is 4.53. The molecule has 2 aromatic carbocycles. The van der Waals surface area contributed by atoms with Gasteiger partial charge < -0.3 is 14.4 Å². The van der Waals surface area contributed by atoms with E-state index in [0.717, 1.165) is 23.4 Å². The van der Waals surface area contributed by atoms with Gasteiger partial charge in [-0.3, -0.25) is 9.48 Å². The van der Waals surface area contributed by atoms with Crippen LogP contribution in [0.2, 0.25) is 0 Å². The monoisotopic (exact) mass is 363 g/mol. The number of para-hydroxylation sites is 1. The van der Waals surface area contributed by atoms with E-state index >= 15 is 0 Å². The van der Waals surface area contributed by atoms with E-state index in [2.05, 4.69) is 5.10 Å². The molecule has 1 aliphatic rings. The largest absolute Gasteiger partial charge is 0.490 e. The number of aromatic nitrogens is 2. The second-order valence-electron chi connectivity index (χ2n) is 6.48. The maximum Gasteiger partial charge on any atom is 0.261 e. The van der Waals surface area contributed by atoms with Gasteiger partial charge in [0.15, 0.2) is 11.5 Å². The number of nitrogens with zero attached hydrogens (tertiary/aromatic N) is 3. The smallest absolute Gasteiger partial charge is 0.261 e. The standard InChI is InChI=1S/C21H21N3O3/c1-23-14-17(21(25)24(2)16-7-4-3-5-8-16)20(22-23)15-9-10-18-19(13-15)27-12-6-11-26-18/h3-5,7-10,13-14H,6,11-12H2,1-2H3. The fourth-order valence-corrected chi connectivity index (χ4v) is 3.12.